The Balaban J connectivity index is 1.92. The normalized spacial score (nSPS) is 18.3. The summed E-state index contributed by atoms with van der Waals surface area (Å²) >= 11 is 0. The minimum Gasteiger partial charge on any atom is -0.480 e. The third kappa shape index (κ3) is 5.68. The van der Waals surface area contributed by atoms with Gasteiger partial charge in [-0.1, -0.05) is 13.8 Å². The highest BCUT2D eigenvalue weighted by Crippen LogP contribution is 2.18. The maximum Gasteiger partial charge on any atom is 0.326 e. The zero-order chi connectivity index (χ0) is 19.1. The van der Waals surface area contributed by atoms with E-state index in [0.29, 0.717) is 31.6 Å². The fourth-order valence-corrected chi connectivity index (χ4v) is 2.90. The summed E-state index contributed by atoms with van der Waals surface area (Å²) in [6.07, 6.45) is 6.13. The largest absolute Gasteiger partial charge is 0.480 e. The predicted molar refractivity (Wildman–Crippen MR) is 94.4 cm³/mol. The molecular formula is C17H25N5O4. The Morgan fingerprint density at radius 3 is 2.73 bits per heavy atom. The molecule has 1 aromatic rings. The number of carboxylic acids is 1. The molecule has 9 heteroatoms. The first-order valence-electron chi connectivity index (χ1n) is 8.72. The molecule has 1 aliphatic rings. The van der Waals surface area contributed by atoms with Crippen LogP contribution in [0.2, 0.25) is 0 Å². The van der Waals surface area contributed by atoms with Crippen LogP contribution in [0.5, 0.6) is 0 Å². The first kappa shape index (κ1) is 19.6. The van der Waals surface area contributed by atoms with Crippen molar-refractivity contribution < 1.29 is 19.5 Å². The van der Waals surface area contributed by atoms with Crippen molar-refractivity contribution in [2.45, 2.75) is 39.2 Å². The van der Waals surface area contributed by atoms with Crippen molar-refractivity contribution in [3.63, 3.8) is 0 Å². The van der Waals surface area contributed by atoms with Gasteiger partial charge in [-0.25, -0.2) is 14.6 Å². The minimum atomic E-state index is -1.05. The van der Waals surface area contributed by atoms with E-state index in [4.69, 9.17) is 0 Å². The van der Waals surface area contributed by atoms with Crippen LogP contribution in [0.4, 0.5) is 10.6 Å². The number of carbonyl (C=O) groups is 3. The van der Waals surface area contributed by atoms with Crippen molar-refractivity contribution in [1.29, 1.82) is 0 Å². The molecule has 1 aliphatic heterocycles. The lowest BCUT2D eigenvalue weighted by Crippen LogP contribution is -2.52. The molecule has 2 rings (SSSR count). The average Bonchev–Trinajstić information content (AvgIpc) is 2.61. The van der Waals surface area contributed by atoms with Crippen LogP contribution >= 0.6 is 0 Å². The molecular weight excluding hydrogens is 338 g/mol. The summed E-state index contributed by atoms with van der Waals surface area (Å²) in [5.74, 6) is -1.14. The number of hydrogen-bond acceptors (Lipinski definition) is 5. The van der Waals surface area contributed by atoms with Gasteiger partial charge < -0.3 is 20.6 Å². The summed E-state index contributed by atoms with van der Waals surface area (Å²) in [5.41, 5.74) is 0. The molecule has 142 valence electrons. The van der Waals surface area contributed by atoms with Crippen LogP contribution in [0.25, 0.3) is 0 Å². The Bertz CT molecular complexity index is 637. The number of aliphatic carboxylic acids is 1. The van der Waals surface area contributed by atoms with Gasteiger partial charge in [-0.15, -0.1) is 0 Å². The number of aromatic nitrogens is 2. The highest BCUT2D eigenvalue weighted by molar-refractivity contribution is 5.92. The molecule has 26 heavy (non-hydrogen) atoms. The van der Waals surface area contributed by atoms with E-state index in [-0.39, 0.29) is 24.3 Å². The summed E-state index contributed by atoms with van der Waals surface area (Å²) < 4.78 is 0. The van der Waals surface area contributed by atoms with Gasteiger partial charge in [-0.2, -0.15) is 0 Å². The fourth-order valence-electron chi connectivity index (χ4n) is 2.90. The van der Waals surface area contributed by atoms with Gasteiger partial charge in [-0.3, -0.25) is 9.78 Å². The summed E-state index contributed by atoms with van der Waals surface area (Å²) in [4.78, 5) is 45.5. The summed E-state index contributed by atoms with van der Waals surface area (Å²) in [6.45, 7) is 4.53. The number of urea groups is 1. The highest BCUT2D eigenvalue weighted by Gasteiger charge is 2.30. The first-order chi connectivity index (χ1) is 12.4. The third-order valence-corrected chi connectivity index (χ3v) is 4.20. The van der Waals surface area contributed by atoms with E-state index in [1.54, 1.807) is 0 Å². The molecule has 0 radical (unpaired) electrons. The standard InChI is InChI=1S/C17H25N5O4/c1-11(2)8-13(16(24)25)20-17(26)22-7-3-4-12(10-22)15(23)21-14-9-18-5-6-19-14/h5-6,9,11-13H,3-4,7-8,10H2,1-2H3,(H,20,26)(H,24,25)(H,19,21,23)/t12?,13-/m0/s1. The van der Waals surface area contributed by atoms with E-state index in [1.165, 1.54) is 23.5 Å². The molecule has 3 amide bonds. The van der Waals surface area contributed by atoms with Gasteiger partial charge in [-0.05, 0) is 25.2 Å². The number of nitrogens with zero attached hydrogens (tertiary/aromatic N) is 3. The van der Waals surface area contributed by atoms with Crippen molar-refractivity contribution in [1.82, 2.24) is 20.2 Å². The lowest BCUT2D eigenvalue weighted by molar-refractivity contribution is -0.139. The quantitative estimate of drug-likeness (QED) is 0.700. The molecule has 0 bridgehead atoms. The Morgan fingerprint density at radius 1 is 1.35 bits per heavy atom. The van der Waals surface area contributed by atoms with E-state index in [0.717, 1.165) is 0 Å². The molecule has 2 heterocycles. The highest BCUT2D eigenvalue weighted by atomic mass is 16.4. The first-order valence-corrected chi connectivity index (χ1v) is 8.72. The Hall–Kier alpha value is -2.71. The topological polar surface area (TPSA) is 125 Å². The Kier molecular flexibility index (Phi) is 6.88. The molecule has 9 nitrogen and oxygen atoms in total. The summed E-state index contributed by atoms with van der Waals surface area (Å²) in [7, 11) is 0. The zero-order valence-corrected chi connectivity index (χ0v) is 15.0. The molecule has 1 unspecified atom stereocenters. The maximum atomic E-state index is 12.4. The number of anilines is 1. The van der Waals surface area contributed by atoms with E-state index in [9.17, 15) is 19.5 Å². The van der Waals surface area contributed by atoms with E-state index < -0.39 is 18.0 Å². The van der Waals surface area contributed by atoms with Gasteiger partial charge in [0.1, 0.15) is 6.04 Å². The molecule has 0 aromatic carbocycles. The Labute approximate surface area is 152 Å². The molecule has 1 saturated heterocycles. The fraction of sp³-hybridized carbons (Fsp3) is 0.588. The van der Waals surface area contributed by atoms with Crippen LogP contribution in [0.15, 0.2) is 18.6 Å². The molecule has 3 N–H and O–H groups in total. The third-order valence-electron chi connectivity index (χ3n) is 4.20. The number of piperidine rings is 1. The van der Waals surface area contributed by atoms with Crippen LogP contribution in [0.3, 0.4) is 0 Å². The van der Waals surface area contributed by atoms with Crippen molar-refractivity contribution in [2.75, 3.05) is 18.4 Å². The second kappa shape index (κ2) is 9.12. The lowest BCUT2D eigenvalue weighted by atomic mass is 9.97. The summed E-state index contributed by atoms with van der Waals surface area (Å²) in [5, 5.41) is 14.5. The van der Waals surface area contributed by atoms with Crippen molar-refractivity contribution in [3.8, 4) is 0 Å². The van der Waals surface area contributed by atoms with Gasteiger partial charge >= 0.3 is 12.0 Å². The molecule has 0 aliphatic carbocycles. The number of carbonyl (C=O) groups excluding carboxylic acids is 2. The van der Waals surface area contributed by atoms with Crippen LogP contribution in [0, 0.1) is 11.8 Å². The van der Waals surface area contributed by atoms with Gasteiger partial charge in [0.15, 0.2) is 5.82 Å². The van der Waals surface area contributed by atoms with Crippen LogP contribution in [-0.4, -0.2) is 57.0 Å². The Morgan fingerprint density at radius 2 is 2.12 bits per heavy atom. The van der Waals surface area contributed by atoms with E-state index >= 15 is 0 Å². The monoisotopic (exact) mass is 363 g/mol. The van der Waals surface area contributed by atoms with Gasteiger partial charge in [0.2, 0.25) is 5.91 Å². The van der Waals surface area contributed by atoms with Crippen molar-refractivity contribution >= 4 is 23.7 Å². The number of hydrogen-bond donors (Lipinski definition) is 3. The predicted octanol–water partition coefficient (Wildman–Crippen LogP) is 1.34. The molecule has 2 atom stereocenters. The number of nitrogens with one attached hydrogen (secondary N) is 2. The van der Waals surface area contributed by atoms with Crippen LogP contribution in [-0.2, 0) is 9.59 Å². The maximum absolute atomic E-state index is 12.4. The smallest absolute Gasteiger partial charge is 0.326 e. The summed E-state index contributed by atoms with van der Waals surface area (Å²) in [6, 6.07) is -1.38. The lowest BCUT2D eigenvalue weighted by Gasteiger charge is -2.33. The van der Waals surface area contributed by atoms with Crippen LogP contribution < -0.4 is 10.6 Å². The van der Waals surface area contributed by atoms with Gasteiger partial charge in [0, 0.05) is 25.5 Å². The SMILES string of the molecule is CC(C)C[C@H](NC(=O)N1CCCC(C(=O)Nc2cnccn2)C1)C(=O)O. The van der Waals surface area contributed by atoms with Gasteiger partial charge in [0.05, 0.1) is 12.1 Å². The van der Waals surface area contributed by atoms with Crippen molar-refractivity contribution in [2.24, 2.45) is 11.8 Å². The second-order valence-electron chi connectivity index (χ2n) is 6.83. The minimum absolute atomic E-state index is 0.142. The molecule has 0 spiro atoms. The number of likely N-dealkylation sites (tertiary alicyclic amines) is 1. The van der Waals surface area contributed by atoms with E-state index in [2.05, 4.69) is 20.6 Å². The van der Waals surface area contributed by atoms with Gasteiger partial charge in [0.25, 0.3) is 0 Å². The van der Waals surface area contributed by atoms with E-state index in [1.807, 2.05) is 13.8 Å². The number of rotatable bonds is 6. The number of amides is 3. The molecule has 1 fully saturated rings. The van der Waals surface area contributed by atoms with Crippen LogP contribution in [0.1, 0.15) is 33.1 Å². The molecule has 0 saturated carbocycles. The average molecular weight is 363 g/mol. The number of carboxylic acid groups (broad SMARTS) is 1. The zero-order valence-electron chi connectivity index (χ0n) is 15.0. The van der Waals surface area contributed by atoms with Crippen molar-refractivity contribution in [3.05, 3.63) is 18.6 Å². The molecule has 1 aromatic heterocycles. The second-order valence-corrected chi connectivity index (χ2v) is 6.83.